The fraction of sp³-hybridized carbons (Fsp3) is 0.722. The van der Waals surface area contributed by atoms with Gasteiger partial charge in [0.1, 0.15) is 0 Å². The zero-order chi connectivity index (χ0) is 15.2. The number of nitrogens with zero attached hydrogens (tertiary/aromatic N) is 1. The first kappa shape index (κ1) is 16.0. The first-order valence-corrected chi connectivity index (χ1v) is 9.75. The monoisotopic (exact) mass is 320 g/mol. The lowest BCUT2D eigenvalue weighted by molar-refractivity contribution is -0.121. The Labute approximate surface area is 138 Å². The summed E-state index contributed by atoms with van der Waals surface area (Å²) in [4.78, 5) is 16.1. The van der Waals surface area contributed by atoms with Crippen LogP contribution in [0.4, 0.5) is 0 Å². The summed E-state index contributed by atoms with van der Waals surface area (Å²) < 4.78 is 0. The summed E-state index contributed by atoms with van der Waals surface area (Å²) in [5.41, 5.74) is 0. The summed E-state index contributed by atoms with van der Waals surface area (Å²) in [6.07, 6.45) is 9.76. The van der Waals surface area contributed by atoms with Crippen molar-refractivity contribution in [1.29, 1.82) is 0 Å². The van der Waals surface area contributed by atoms with Crippen molar-refractivity contribution in [1.82, 2.24) is 10.2 Å². The molecular formula is C18H28N2OS. The fourth-order valence-corrected chi connectivity index (χ4v) is 4.74. The van der Waals surface area contributed by atoms with Gasteiger partial charge in [0, 0.05) is 17.8 Å². The Bertz CT molecular complexity index is 448. The van der Waals surface area contributed by atoms with Crippen molar-refractivity contribution in [2.24, 2.45) is 5.92 Å². The van der Waals surface area contributed by atoms with E-state index in [1.54, 1.807) is 0 Å². The van der Waals surface area contributed by atoms with E-state index in [1.165, 1.54) is 56.5 Å². The van der Waals surface area contributed by atoms with Crippen LogP contribution < -0.4 is 5.32 Å². The normalized spacial score (nSPS) is 21.3. The Morgan fingerprint density at radius 3 is 2.73 bits per heavy atom. The second-order valence-corrected chi connectivity index (χ2v) is 7.75. The lowest BCUT2D eigenvalue weighted by atomic mass is 10.0. The van der Waals surface area contributed by atoms with Gasteiger partial charge in [0.15, 0.2) is 0 Å². The van der Waals surface area contributed by atoms with E-state index in [4.69, 9.17) is 0 Å². The van der Waals surface area contributed by atoms with E-state index >= 15 is 0 Å². The standard InChI is InChI=1S/C18H28N2OS/c21-18(10-9-15-6-1-2-7-15)19-14-16(17-8-5-13-22-17)20-11-3-4-12-20/h5,8,13,15-16H,1-4,6-7,9-12,14H2,(H,19,21)/t16-/m0/s1. The SMILES string of the molecule is O=C(CCC1CCCC1)NC[C@@H](c1cccs1)N1CCCC1. The van der Waals surface area contributed by atoms with Crippen molar-refractivity contribution >= 4 is 17.2 Å². The maximum atomic E-state index is 12.2. The topological polar surface area (TPSA) is 32.3 Å². The minimum Gasteiger partial charge on any atom is -0.354 e. The van der Waals surface area contributed by atoms with Gasteiger partial charge < -0.3 is 5.32 Å². The molecule has 1 aromatic heterocycles. The highest BCUT2D eigenvalue weighted by Crippen LogP contribution is 2.29. The second-order valence-electron chi connectivity index (χ2n) is 6.77. The Hall–Kier alpha value is -0.870. The highest BCUT2D eigenvalue weighted by Gasteiger charge is 2.24. The molecule has 3 nitrogen and oxygen atoms in total. The molecule has 0 spiro atoms. The van der Waals surface area contributed by atoms with Gasteiger partial charge >= 0.3 is 0 Å². The van der Waals surface area contributed by atoms with E-state index in [1.807, 2.05) is 11.3 Å². The van der Waals surface area contributed by atoms with Gasteiger partial charge in [0.05, 0.1) is 6.04 Å². The lowest BCUT2D eigenvalue weighted by Crippen LogP contribution is -2.36. The number of hydrogen-bond donors (Lipinski definition) is 1. The highest BCUT2D eigenvalue weighted by molar-refractivity contribution is 7.10. The molecule has 3 rings (SSSR count). The van der Waals surface area contributed by atoms with E-state index in [9.17, 15) is 4.79 Å². The zero-order valence-corrected chi connectivity index (χ0v) is 14.2. The molecule has 1 amide bonds. The zero-order valence-electron chi connectivity index (χ0n) is 13.4. The second kappa shape index (κ2) is 8.11. The third-order valence-corrected chi connectivity index (χ3v) is 6.17. The van der Waals surface area contributed by atoms with Crippen molar-refractivity contribution in [3.8, 4) is 0 Å². The van der Waals surface area contributed by atoms with Gasteiger partial charge in [-0.3, -0.25) is 9.69 Å². The number of nitrogens with one attached hydrogen (secondary N) is 1. The van der Waals surface area contributed by atoms with E-state index in [-0.39, 0.29) is 5.91 Å². The maximum absolute atomic E-state index is 12.2. The molecule has 2 aliphatic rings. The predicted molar refractivity (Wildman–Crippen MR) is 92.1 cm³/mol. The smallest absolute Gasteiger partial charge is 0.220 e. The van der Waals surface area contributed by atoms with Crippen LogP contribution in [0.5, 0.6) is 0 Å². The Kier molecular flexibility index (Phi) is 5.90. The van der Waals surface area contributed by atoms with Crippen molar-refractivity contribution in [2.75, 3.05) is 19.6 Å². The van der Waals surface area contributed by atoms with Gasteiger partial charge in [-0.05, 0) is 49.7 Å². The van der Waals surface area contributed by atoms with Crippen molar-refractivity contribution < 1.29 is 4.79 Å². The molecule has 1 aliphatic heterocycles. The molecule has 2 fully saturated rings. The lowest BCUT2D eigenvalue weighted by Gasteiger charge is -2.27. The van der Waals surface area contributed by atoms with Crippen molar-refractivity contribution in [2.45, 2.75) is 57.4 Å². The molecule has 1 N–H and O–H groups in total. The van der Waals surface area contributed by atoms with Gasteiger partial charge in [-0.15, -0.1) is 11.3 Å². The summed E-state index contributed by atoms with van der Waals surface area (Å²) in [6, 6.07) is 4.70. The van der Waals surface area contributed by atoms with Gasteiger partial charge in [-0.25, -0.2) is 0 Å². The molecule has 4 heteroatoms. The van der Waals surface area contributed by atoms with Crippen molar-refractivity contribution in [3.05, 3.63) is 22.4 Å². The van der Waals surface area contributed by atoms with Gasteiger partial charge in [0.25, 0.3) is 0 Å². The number of likely N-dealkylation sites (tertiary alicyclic amines) is 1. The maximum Gasteiger partial charge on any atom is 0.220 e. The molecule has 0 unspecified atom stereocenters. The molecule has 1 atom stereocenters. The minimum absolute atomic E-state index is 0.243. The quantitative estimate of drug-likeness (QED) is 0.824. The van der Waals surface area contributed by atoms with Gasteiger partial charge in [-0.2, -0.15) is 0 Å². The molecule has 1 saturated carbocycles. The number of carbonyl (C=O) groups is 1. The molecule has 122 valence electrons. The number of rotatable bonds is 7. The fourth-order valence-electron chi connectivity index (χ4n) is 3.88. The summed E-state index contributed by atoms with van der Waals surface area (Å²) in [7, 11) is 0. The number of amides is 1. The molecular weight excluding hydrogens is 292 g/mol. The van der Waals surface area contributed by atoms with E-state index < -0.39 is 0 Å². The van der Waals surface area contributed by atoms with Crippen LogP contribution in [-0.4, -0.2) is 30.4 Å². The third-order valence-electron chi connectivity index (χ3n) is 5.20. The summed E-state index contributed by atoms with van der Waals surface area (Å²) in [6.45, 7) is 3.10. The number of hydrogen-bond acceptors (Lipinski definition) is 3. The molecule has 0 aromatic carbocycles. The van der Waals surface area contributed by atoms with Crippen molar-refractivity contribution in [3.63, 3.8) is 0 Å². The largest absolute Gasteiger partial charge is 0.354 e. The molecule has 0 radical (unpaired) electrons. The first-order chi connectivity index (χ1) is 10.8. The average Bonchev–Trinajstić information content (AvgIpc) is 3.27. The molecule has 1 aromatic rings. The molecule has 0 bridgehead atoms. The van der Waals surface area contributed by atoms with Gasteiger partial charge in [-0.1, -0.05) is 31.7 Å². The predicted octanol–water partition coefficient (Wildman–Crippen LogP) is 3.97. The van der Waals surface area contributed by atoms with Crippen LogP contribution in [0, 0.1) is 5.92 Å². The van der Waals surface area contributed by atoms with Gasteiger partial charge in [0.2, 0.25) is 5.91 Å². The van der Waals surface area contributed by atoms with Crippen LogP contribution in [0.15, 0.2) is 17.5 Å². The van der Waals surface area contributed by atoms with E-state index in [2.05, 4.69) is 27.7 Å². The minimum atomic E-state index is 0.243. The van der Waals surface area contributed by atoms with E-state index in [0.717, 1.165) is 18.9 Å². The molecule has 2 heterocycles. The van der Waals surface area contributed by atoms with Crippen LogP contribution in [0.2, 0.25) is 0 Å². The Morgan fingerprint density at radius 1 is 1.27 bits per heavy atom. The highest BCUT2D eigenvalue weighted by atomic mass is 32.1. The summed E-state index contributed by atoms with van der Waals surface area (Å²) in [5.74, 6) is 1.05. The van der Waals surface area contributed by atoms with Crippen LogP contribution in [0.25, 0.3) is 0 Å². The molecule has 1 aliphatic carbocycles. The summed E-state index contributed by atoms with van der Waals surface area (Å²) in [5, 5.41) is 5.34. The van der Waals surface area contributed by atoms with E-state index in [0.29, 0.717) is 12.5 Å². The average molecular weight is 321 g/mol. The Morgan fingerprint density at radius 2 is 2.05 bits per heavy atom. The number of carbonyl (C=O) groups excluding carboxylic acids is 1. The Balaban J connectivity index is 1.47. The number of thiophene rings is 1. The van der Waals surface area contributed by atoms with Crippen LogP contribution >= 0.6 is 11.3 Å². The van der Waals surface area contributed by atoms with Crippen LogP contribution in [0.3, 0.4) is 0 Å². The van der Waals surface area contributed by atoms with Crippen LogP contribution in [0.1, 0.15) is 62.3 Å². The molecule has 22 heavy (non-hydrogen) atoms. The molecule has 1 saturated heterocycles. The third kappa shape index (κ3) is 4.32. The van der Waals surface area contributed by atoms with Crippen LogP contribution in [-0.2, 0) is 4.79 Å². The summed E-state index contributed by atoms with van der Waals surface area (Å²) >= 11 is 1.81. The first-order valence-electron chi connectivity index (χ1n) is 8.87.